The van der Waals surface area contributed by atoms with Gasteiger partial charge in [0.2, 0.25) is 0 Å². The molecule has 0 saturated heterocycles. The normalized spacial score (nSPS) is 12.5. The highest BCUT2D eigenvalue weighted by atomic mass is 127. The fraction of sp³-hybridized carbons (Fsp3) is 0.316. The van der Waals surface area contributed by atoms with Gasteiger partial charge in [0.1, 0.15) is 6.54 Å². The zero-order valence-corrected chi connectivity index (χ0v) is 17.8. The Bertz CT molecular complexity index is 877. The summed E-state index contributed by atoms with van der Waals surface area (Å²) in [7, 11) is 0. The van der Waals surface area contributed by atoms with E-state index in [0.717, 1.165) is 23.6 Å². The Morgan fingerprint density at radius 2 is 1.93 bits per heavy atom. The van der Waals surface area contributed by atoms with E-state index in [9.17, 15) is 5.11 Å². The Morgan fingerprint density at radius 1 is 1.15 bits per heavy atom. The second-order valence-corrected chi connectivity index (χ2v) is 6.05. The topological polar surface area (TPSA) is 86.8 Å². The van der Waals surface area contributed by atoms with Crippen LogP contribution in [0.2, 0.25) is 0 Å². The molecule has 1 atom stereocenters. The lowest BCUT2D eigenvalue weighted by molar-refractivity contribution is 0.181. The molecule has 2 heterocycles. The van der Waals surface area contributed by atoms with Crippen molar-refractivity contribution < 1.29 is 5.11 Å². The highest BCUT2D eigenvalue weighted by Gasteiger charge is 2.09. The number of nitrogens with one attached hydrogen (secondary N) is 2. The molecule has 3 rings (SSSR count). The number of benzene rings is 1. The maximum atomic E-state index is 10.4. The van der Waals surface area contributed by atoms with E-state index < -0.39 is 6.10 Å². The number of rotatable bonds is 6. The Balaban J connectivity index is 0.00000261. The molecule has 0 amide bonds. The molecule has 0 radical (unpaired) electrons. The fourth-order valence-electron chi connectivity index (χ4n) is 2.59. The highest BCUT2D eigenvalue weighted by molar-refractivity contribution is 14.0. The summed E-state index contributed by atoms with van der Waals surface area (Å²) in [5, 5.41) is 25.0. The number of pyridine rings is 1. The van der Waals surface area contributed by atoms with Gasteiger partial charge in [0.15, 0.2) is 17.4 Å². The summed E-state index contributed by atoms with van der Waals surface area (Å²) in [6.45, 7) is 5.52. The predicted molar refractivity (Wildman–Crippen MR) is 117 cm³/mol. The molecule has 0 bridgehead atoms. The standard InChI is InChI=1S/C19H24N6O.HI/c1-3-20-19(21-12-16(26)15-9-7-14(2)8-10-15)22-13-18-24-23-17-6-4-5-11-25(17)18;/h4-11,16,26H,3,12-13H2,1-2H3,(H2,20,21,22);1H. The molecule has 0 aliphatic heterocycles. The minimum Gasteiger partial charge on any atom is -0.387 e. The van der Waals surface area contributed by atoms with E-state index in [-0.39, 0.29) is 24.0 Å². The first-order valence-electron chi connectivity index (χ1n) is 8.73. The van der Waals surface area contributed by atoms with Crippen LogP contribution >= 0.6 is 24.0 Å². The summed E-state index contributed by atoms with van der Waals surface area (Å²) >= 11 is 0. The van der Waals surface area contributed by atoms with Crippen molar-refractivity contribution in [1.29, 1.82) is 0 Å². The zero-order valence-electron chi connectivity index (χ0n) is 15.5. The van der Waals surface area contributed by atoms with Gasteiger partial charge < -0.3 is 15.7 Å². The van der Waals surface area contributed by atoms with Crippen molar-refractivity contribution in [1.82, 2.24) is 25.2 Å². The molecule has 144 valence electrons. The van der Waals surface area contributed by atoms with Crippen LogP contribution in [0.5, 0.6) is 0 Å². The van der Waals surface area contributed by atoms with Crippen LogP contribution in [0.1, 0.15) is 30.0 Å². The zero-order chi connectivity index (χ0) is 18.4. The number of aliphatic hydroxyl groups excluding tert-OH is 1. The first kappa shape index (κ1) is 21.1. The quantitative estimate of drug-likeness (QED) is 0.287. The SMILES string of the molecule is CCNC(=NCc1nnc2ccccn12)NCC(O)c1ccc(C)cc1.I. The van der Waals surface area contributed by atoms with Crippen molar-refractivity contribution in [3.63, 3.8) is 0 Å². The number of aryl methyl sites for hydroxylation is 1. The Hall–Kier alpha value is -2.20. The third kappa shape index (κ3) is 5.64. The molecule has 0 aliphatic carbocycles. The summed E-state index contributed by atoms with van der Waals surface area (Å²) in [5.41, 5.74) is 2.84. The molecular weight excluding hydrogens is 455 g/mol. The molecule has 27 heavy (non-hydrogen) atoms. The first-order chi connectivity index (χ1) is 12.7. The van der Waals surface area contributed by atoms with E-state index in [2.05, 4.69) is 25.8 Å². The molecule has 1 aromatic carbocycles. The lowest BCUT2D eigenvalue weighted by Crippen LogP contribution is -2.39. The molecule has 0 spiro atoms. The molecule has 1 unspecified atom stereocenters. The van der Waals surface area contributed by atoms with E-state index in [1.807, 2.05) is 66.9 Å². The van der Waals surface area contributed by atoms with Crippen molar-refractivity contribution >= 4 is 35.6 Å². The summed E-state index contributed by atoms with van der Waals surface area (Å²) in [6, 6.07) is 13.6. The molecule has 7 nitrogen and oxygen atoms in total. The van der Waals surface area contributed by atoms with Gasteiger partial charge >= 0.3 is 0 Å². The van der Waals surface area contributed by atoms with Crippen molar-refractivity contribution in [3.05, 3.63) is 65.6 Å². The highest BCUT2D eigenvalue weighted by Crippen LogP contribution is 2.12. The molecule has 3 N–H and O–H groups in total. The maximum Gasteiger partial charge on any atom is 0.191 e. The summed E-state index contributed by atoms with van der Waals surface area (Å²) in [6.07, 6.45) is 1.31. The number of aliphatic hydroxyl groups is 1. The molecular formula is C19H25IN6O. The van der Waals surface area contributed by atoms with Crippen LogP contribution in [0.4, 0.5) is 0 Å². The number of hydrogen-bond donors (Lipinski definition) is 3. The Morgan fingerprint density at radius 3 is 2.67 bits per heavy atom. The van der Waals surface area contributed by atoms with Gasteiger partial charge in [-0.15, -0.1) is 34.2 Å². The second kappa shape index (κ2) is 10.2. The molecule has 0 saturated carbocycles. The van der Waals surface area contributed by atoms with Crippen molar-refractivity contribution in [2.75, 3.05) is 13.1 Å². The monoisotopic (exact) mass is 480 g/mol. The average Bonchev–Trinajstić information content (AvgIpc) is 3.07. The van der Waals surface area contributed by atoms with Crippen molar-refractivity contribution in [2.24, 2.45) is 4.99 Å². The number of fused-ring (bicyclic) bond motifs is 1. The van der Waals surface area contributed by atoms with Crippen LogP contribution in [-0.2, 0) is 6.54 Å². The van der Waals surface area contributed by atoms with Gasteiger partial charge in [-0.05, 0) is 31.5 Å². The molecule has 8 heteroatoms. The van der Waals surface area contributed by atoms with E-state index in [0.29, 0.717) is 19.0 Å². The largest absolute Gasteiger partial charge is 0.387 e. The number of aliphatic imine (C=N–C) groups is 1. The number of halogens is 1. The van der Waals surface area contributed by atoms with Crippen molar-refractivity contribution in [3.8, 4) is 0 Å². The second-order valence-electron chi connectivity index (χ2n) is 6.05. The van der Waals surface area contributed by atoms with Crippen LogP contribution in [0, 0.1) is 6.92 Å². The summed E-state index contributed by atoms with van der Waals surface area (Å²) in [5.74, 6) is 1.39. The van der Waals surface area contributed by atoms with Gasteiger partial charge in [0.05, 0.1) is 6.10 Å². The molecule has 0 aliphatic rings. The average molecular weight is 480 g/mol. The van der Waals surface area contributed by atoms with Gasteiger partial charge in [-0.2, -0.15) is 0 Å². The molecule has 0 fully saturated rings. The first-order valence-corrected chi connectivity index (χ1v) is 8.73. The predicted octanol–water partition coefficient (Wildman–Crippen LogP) is 2.44. The van der Waals surface area contributed by atoms with Crippen molar-refractivity contribution in [2.45, 2.75) is 26.5 Å². The lowest BCUT2D eigenvalue weighted by atomic mass is 10.1. The number of nitrogens with zero attached hydrogens (tertiary/aromatic N) is 4. The Labute approximate surface area is 176 Å². The minimum atomic E-state index is -0.603. The van der Waals surface area contributed by atoms with E-state index >= 15 is 0 Å². The third-order valence-corrected chi connectivity index (χ3v) is 4.03. The van der Waals surface area contributed by atoms with Crippen LogP contribution in [0.3, 0.4) is 0 Å². The third-order valence-electron chi connectivity index (χ3n) is 4.03. The fourth-order valence-corrected chi connectivity index (χ4v) is 2.59. The number of guanidine groups is 1. The van der Waals surface area contributed by atoms with Gasteiger partial charge in [0, 0.05) is 19.3 Å². The van der Waals surface area contributed by atoms with Crippen LogP contribution < -0.4 is 10.6 Å². The summed E-state index contributed by atoms with van der Waals surface area (Å²) < 4.78 is 1.91. The van der Waals surface area contributed by atoms with Crippen LogP contribution in [0.15, 0.2) is 53.7 Å². The van der Waals surface area contributed by atoms with Gasteiger partial charge in [0.25, 0.3) is 0 Å². The lowest BCUT2D eigenvalue weighted by Gasteiger charge is -2.15. The molecule has 2 aromatic heterocycles. The van der Waals surface area contributed by atoms with E-state index in [1.165, 1.54) is 5.56 Å². The summed E-state index contributed by atoms with van der Waals surface area (Å²) in [4.78, 5) is 4.55. The number of aromatic nitrogens is 3. The van der Waals surface area contributed by atoms with E-state index in [1.54, 1.807) is 0 Å². The smallest absolute Gasteiger partial charge is 0.191 e. The number of hydrogen-bond acceptors (Lipinski definition) is 4. The van der Waals surface area contributed by atoms with Crippen LogP contribution in [0.25, 0.3) is 5.65 Å². The van der Waals surface area contributed by atoms with Crippen LogP contribution in [-0.4, -0.2) is 38.8 Å². The van der Waals surface area contributed by atoms with E-state index in [4.69, 9.17) is 0 Å². The Kier molecular flexibility index (Phi) is 7.99. The maximum absolute atomic E-state index is 10.4. The minimum absolute atomic E-state index is 0. The van der Waals surface area contributed by atoms with Gasteiger partial charge in [-0.3, -0.25) is 4.40 Å². The molecule has 3 aromatic rings. The van der Waals surface area contributed by atoms with Gasteiger partial charge in [-0.25, -0.2) is 4.99 Å². The van der Waals surface area contributed by atoms with Gasteiger partial charge in [-0.1, -0.05) is 35.9 Å².